The van der Waals surface area contributed by atoms with Gasteiger partial charge in [0.2, 0.25) is 0 Å². The Labute approximate surface area is 125 Å². The monoisotopic (exact) mass is 282 g/mol. The quantitative estimate of drug-likeness (QED) is 0.915. The third-order valence-electron chi connectivity index (χ3n) is 4.89. The zero-order chi connectivity index (χ0) is 14.2. The summed E-state index contributed by atoms with van der Waals surface area (Å²) in [7, 11) is 0. The van der Waals surface area contributed by atoms with Crippen LogP contribution in [-0.4, -0.2) is 42.1 Å². The van der Waals surface area contributed by atoms with Gasteiger partial charge in [0.25, 0.3) is 0 Å². The largest absolute Gasteiger partial charge is 0.353 e. The molecule has 0 saturated carbocycles. The summed E-state index contributed by atoms with van der Waals surface area (Å²) in [6.45, 7) is 5.14. The molecule has 4 nitrogen and oxygen atoms in total. The second-order valence-electron chi connectivity index (χ2n) is 6.15. The lowest BCUT2D eigenvalue weighted by Crippen LogP contribution is -2.50. The highest BCUT2D eigenvalue weighted by atomic mass is 15.3. The summed E-state index contributed by atoms with van der Waals surface area (Å²) in [5.74, 6) is 1.10. The highest BCUT2D eigenvalue weighted by Crippen LogP contribution is 2.28. The molecule has 4 heteroatoms. The van der Waals surface area contributed by atoms with Gasteiger partial charge in [-0.2, -0.15) is 0 Å². The summed E-state index contributed by atoms with van der Waals surface area (Å²) in [5.41, 5.74) is 8.21. The molecule has 2 aromatic rings. The molecule has 1 atom stereocenters. The van der Waals surface area contributed by atoms with Crippen LogP contribution in [0.25, 0.3) is 10.9 Å². The fourth-order valence-corrected chi connectivity index (χ4v) is 3.76. The van der Waals surface area contributed by atoms with Crippen molar-refractivity contribution in [3.8, 4) is 0 Å². The maximum absolute atomic E-state index is 5.98. The molecule has 4 rings (SSSR count). The van der Waals surface area contributed by atoms with Gasteiger partial charge in [-0.15, -0.1) is 0 Å². The molecule has 1 unspecified atom stereocenters. The van der Waals surface area contributed by atoms with E-state index in [-0.39, 0.29) is 0 Å². The number of hydrogen-bond acceptors (Lipinski definition) is 4. The van der Waals surface area contributed by atoms with Crippen molar-refractivity contribution in [3.05, 3.63) is 35.9 Å². The normalized spacial score (nSPS) is 22.7. The number of para-hydroxylation sites is 1. The molecular formula is C17H22N4. The van der Waals surface area contributed by atoms with Crippen molar-refractivity contribution < 1.29 is 0 Å². The molecule has 2 aliphatic rings. The van der Waals surface area contributed by atoms with E-state index in [1.54, 1.807) is 0 Å². The van der Waals surface area contributed by atoms with Crippen molar-refractivity contribution in [2.75, 3.05) is 31.1 Å². The maximum Gasteiger partial charge on any atom is 0.133 e. The first-order valence-corrected chi connectivity index (χ1v) is 7.93. The molecule has 1 aromatic heterocycles. The second kappa shape index (κ2) is 5.28. The lowest BCUT2D eigenvalue weighted by Gasteiger charge is -2.38. The molecule has 2 saturated heterocycles. The van der Waals surface area contributed by atoms with Gasteiger partial charge in [0.1, 0.15) is 5.82 Å². The summed E-state index contributed by atoms with van der Waals surface area (Å²) in [6, 6.07) is 11.2. The first-order valence-electron chi connectivity index (χ1n) is 7.93. The van der Waals surface area contributed by atoms with Crippen molar-refractivity contribution in [1.82, 2.24) is 9.88 Å². The Bertz CT molecular complexity index is 654. The minimum atomic E-state index is 0.554. The number of fused-ring (bicyclic) bond motifs is 2. The molecule has 110 valence electrons. The summed E-state index contributed by atoms with van der Waals surface area (Å²) < 4.78 is 0. The molecule has 0 bridgehead atoms. The third-order valence-corrected chi connectivity index (χ3v) is 4.89. The third kappa shape index (κ3) is 2.28. The van der Waals surface area contributed by atoms with Crippen LogP contribution in [0.15, 0.2) is 30.3 Å². The van der Waals surface area contributed by atoms with E-state index < -0.39 is 0 Å². The number of piperazine rings is 1. The zero-order valence-corrected chi connectivity index (χ0v) is 12.3. The first-order chi connectivity index (χ1) is 10.3. The molecule has 1 aromatic carbocycles. The van der Waals surface area contributed by atoms with Gasteiger partial charge in [-0.3, -0.25) is 4.90 Å². The van der Waals surface area contributed by atoms with Crippen LogP contribution in [0.4, 0.5) is 5.82 Å². The van der Waals surface area contributed by atoms with Crippen molar-refractivity contribution in [3.63, 3.8) is 0 Å². The number of pyridine rings is 1. The Kier molecular flexibility index (Phi) is 3.28. The van der Waals surface area contributed by atoms with Gasteiger partial charge in [-0.25, -0.2) is 4.98 Å². The van der Waals surface area contributed by atoms with Crippen molar-refractivity contribution in [2.45, 2.75) is 25.4 Å². The molecule has 0 aliphatic carbocycles. The van der Waals surface area contributed by atoms with E-state index >= 15 is 0 Å². The van der Waals surface area contributed by atoms with Crippen LogP contribution in [0, 0.1) is 0 Å². The molecule has 0 radical (unpaired) electrons. The summed E-state index contributed by atoms with van der Waals surface area (Å²) in [6.07, 6.45) is 2.66. The van der Waals surface area contributed by atoms with Gasteiger partial charge in [-0.05, 0) is 31.5 Å². The standard InChI is InChI=1S/C17H22N4/c18-11-14-10-13-4-1-2-6-16(13)19-17(14)21-9-8-20-7-3-5-15(20)12-21/h1-2,4,6,10,15H,3,5,7-9,11-12,18H2. The smallest absolute Gasteiger partial charge is 0.133 e. The number of nitrogens with two attached hydrogens (primary N) is 1. The fraction of sp³-hybridized carbons (Fsp3) is 0.471. The van der Waals surface area contributed by atoms with Crippen LogP contribution in [0.3, 0.4) is 0 Å². The minimum absolute atomic E-state index is 0.554. The van der Waals surface area contributed by atoms with Gasteiger partial charge in [-0.1, -0.05) is 18.2 Å². The number of anilines is 1. The molecule has 2 fully saturated rings. The second-order valence-corrected chi connectivity index (χ2v) is 6.15. The predicted octanol–water partition coefficient (Wildman–Crippen LogP) is 1.98. The van der Waals surface area contributed by atoms with E-state index in [9.17, 15) is 0 Å². The number of hydrogen-bond donors (Lipinski definition) is 1. The Hall–Kier alpha value is -1.65. The zero-order valence-electron chi connectivity index (χ0n) is 12.3. The van der Waals surface area contributed by atoms with Gasteiger partial charge < -0.3 is 10.6 Å². The summed E-state index contributed by atoms with van der Waals surface area (Å²) in [4.78, 5) is 9.98. The highest BCUT2D eigenvalue weighted by molar-refractivity contribution is 5.81. The lowest BCUT2D eigenvalue weighted by molar-refractivity contribution is 0.230. The Balaban J connectivity index is 1.71. The van der Waals surface area contributed by atoms with Gasteiger partial charge in [0.15, 0.2) is 0 Å². The minimum Gasteiger partial charge on any atom is -0.353 e. The first kappa shape index (κ1) is 13.0. The average Bonchev–Trinajstić information content (AvgIpc) is 3.01. The maximum atomic E-state index is 5.98. The number of benzene rings is 1. The average molecular weight is 282 g/mol. The Morgan fingerprint density at radius 3 is 3.00 bits per heavy atom. The molecule has 21 heavy (non-hydrogen) atoms. The fourth-order valence-electron chi connectivity index (χ4n) is 3.76. The number of rotatable bonds is 2. The van der Waals surface area contributed by atoms with E-state index in [1.165, 1.54) is 30.3 Å². The van der Waals surface area contributed by atoms with E-state index in [2.05, 4.69) is 40.1 Å². The Morgan fingerprint density at radius 1 is 1.19 bits per heavy atom. The summed E-state index contributed by atoms with van der Waals surface area (Å²) >= 11 is 0. The van der Waals surface area contributed by atoms with Crippen LogP contribution in [-0.2, 0) is 6.54 Å². The van der Waals surface area contributed by atoms with Crippen LogP contribution in [0.1, 0.15) is 18.4 Å². The molecule has 2 N–H and O–H groups in total. The summed E-state index contributed by atoms with van der Waals surface area (Å²) in [5, 5.41) is 1.18. The van der Waals surface area contributed by atoms with Crippen LogP contribution in [0.5, 0.6) is 0 Å². The molecule has 3 heterocycles. The Morgan fingerprint density at radius 2 is 2.10 bits per heavy atom. The molecule has 0 spiro atoms. The van der Waals surface area contributed by atoms with E-state index in [1.807, 2.05) is 0 Å². The number of aromatic nitrogens is 1. The van der Waals surface area contributed by atoms with E-state index in [0.717, 1.165) is 31.0 Å². The topological polar surface area (TPSA) is 45.4 Å². The van der Waals surface area contributed by atoms with Gasteiger partial charge in [0, 0.05) is 43.2 Å². The van der Waals surface area contributed by atoms with E-state index in [4.69, 9.17) is 10.7 Å². The van der Waals surface area contributed by atoms with Crippen molar-refractivity contribution in [2.24, 2.45) is 5.73 Å². The SMILES string of the molecule is NCc1cc2ccccc2nc1N1CCN2CCCC2C1. The molecular weight excluding hydrogens is 260 g/mol. The highest BCUT2D eigenvalue weighted by Gasteiger charge is 2.31. The van der Waals surface area contributed by atoms with Crippen LogP contribution in [0.2, 0.25) is 0 Å². The lowest BCUT2D eigenvalue weighted by atomic mass is 10.1. The number of nitrogens with zero attached hydrogens (tertiary/aromatic N) is 3. The molecule has 0 amide bonds. The van der Waals surface area contributed by atoms with E-state index in [0.29, 0.717) is 12.6 Å². The van der Waals surface area contributed by atoms with Gasteiger partial charge >= 0.3 is 0 Å². The van der Waals surface area contributed by atoms with Crippen LogP contribution >= 0.6 is 0 Å². The van der Waals surface area contributed by atoms with Crippen molar-refractivity contribution >= 4 is 16.7 Å². The van der Waals surface area contributed by atoms with Gasteiger partial charge in [0.05, 0.1) is 5.52 Å². The van der Waals surface area contributed by atoms with Crippen LogP contribution < -0.4 is 10.6 Å². The molecule has 2 aliphatic heterocycles. The van der Waals surface area contributed by atoms with Crippen molar-refractivity contribution in [1.29, 1.82) is 0 Å². The predicted molar refractivity (Wildman–Crippen MR) is 86.4 cm³/mol.